The average Bonchev–Trinajstić information content (AvgIpc) is 3.26. The Bertz CT molecular complexity index is 572. The van der Waals surface area contributed by atoms with Gasteiger partial charge in [0, 0.05) is 12.6 Å². The zero-order valence-electron chi connectivity index (χ0n) is 10.8. The molecule has 1 aliphatic carbocycles. The van der Waals surface area contributed by atoms with Crippen LogP contribution in [0.2, 0.25) is 5.02 Å². The van der Waals surface area contributed by atoms with Crippen LogP contribution in [0.15, 0.2) is 11.1 Å². The topological polar surface area (TPSA) is 87.3 Å². The Balaban J connectivity index is 1.85. The van der Waals surface area contributed by atoms with E-state index in [9.17, 15) is 9.59 Å². The molecule has 2 heterocycles. The van der Waals surface area contributed by atoms with Crippen molar-refractivity contribution in [1.82, 2.24) is 15.3 Å². The molecule has 7 nitrogen and oxygen atoms in total. The van der Waals surface area contributed by atoms with E-state index in [1.54, 1.807) is 4.90 Å². The van der Waals surface area contributed by atoms with Crippen LogP contribution in [0, 0.1) is 0 Å². The van der Waals surface area contributed by atoms with E-state index in [1.807, 2.05) is 0 Å². The number of amides is 1. The Morgan fingerprint density at radius 1 is 1.55 bits per heavy atom. The summed E-state index contributed by atoms with van der Waals surface area (Å²) in [6.07, 6.45) is 3.32. The monoisotopic (exact) mass is 298 g/mol. The van der Waals surface area contributed by atoms with Crippen LogP contribution in [0.25, 0.3) is 0 Å². The molecule has 2 fully saturated rings. The van der Waals surface area contributed by atoms with E-state index in [2.05, 4.69) is 15.3 Å². The standard InChI is InChI=1S/C12H15ClN4O3/c13-9-10(14-6-15-12(9)19)17-3-4-20-5-8(17)11(18)16-7-1-2-7/h6-8H,1-5H2,(H,16,18)(H,14,15,19). The molecule has 0 bridgehead atoms. The fraction of sp³-hybridized carbons (Fsp3) is 0.583. The van der Waals surface area contributed by atoms with Gasteiger partial charge in [-0.1, -0.05) is 11.6 Å². The van der Waals surface area contributed by atoms with Crippen LogP contribution in [0.4, 0.5) is 5.82 Å². The first-order valence-electron chi connectivity index (χ1n) is 6.55. The third-order valence-electron chi connectivity index (χ3n) is 3.41. The summed E-state index contributed by atoms with van der Waals surface area (Å²) in [6, 6.07) is -0.231. The minimum Gasteiger partial charge on any atom is -0.377 e. The molecule has 1 saturated heterocycles. The average molecular weight is 299 g/mol. The maximum absolute atomic E-state index is 12.2. The Hall–Kier alpha value is -1.60. The zero-order chi connectivity index (χ0) is 14.1. The lowest BCUT2D eigenvalue weighted by atomic mass is 10.2. The maximum atomic E-state index is 12.2. The number of carbonyl (C=O) groups excluding carboxylic acids is 1. The lowest BCUT2D eigenvalue weighted by Gasteiger charge is -2.35. The molecule has 1 atom stereocenters. The summed E-state index contributed by atoms with van der Waals surface area (Å²) in [7, 11) is 0. The number of nitrogens with zero attached hydrogens (tertiary/aromatic N) is 2. The number of aromatic amines is 1. The van der Waals surface area contributed by atoms with Crippen molar-refractivity contribution in [3.05, 3.63) is 21.7 Å². The van der Waals surface area contributed by atoms with E-state index in [0.29, 0.717) is 19.0 Å². The molecule has 1 unspecified atom stereocenters. The van der Waals surface area contributed by atoms with E-state index < -0.39 is 11.6 Å². The molecule has 0 spiro atoms. The molecule has 1 saturated carbocycles. The number of halogens is 1. The fourth-order valence-electron chi connectivity index (χ4n) is 2.17. The quantitative estimate of drug-likeness (QED) is 0.814. The van der Waals surface area contributed by atoms with Crippen LogP contribution in [0.5, 0.6) is 0 Å². The van der Waals surface area contributed by atoms with Gasteiger partial charge in [0.2, 0.25) is 5.91 Å². The number of nitrogens with one attached hydrogen (secondary N) is 2. The molecule has 1 aromatic rings. The zero-order valence-corrected chi connectivity index (χ0v) is 11.5. The fourth-order valence-corrected chi connectivity index (χ4v) is 2.39. The molecule has 2 aliphatic rings. The van der Waals surface area contributed by atoms with E-state index >= 15 is 0 Å². The highest BCUT2D eigenvalue weighted by atomic mass is 35.5. The van der Waals surface area contributed by atoms with Gasteiger partial charge in [0.25, 0.3) is 5.56 Å². The Morgan fingerprint density at radius 3 is 3.10 bits per heavy atom. The largest absolute Gasteiger partial charge is 0.377 e. The summed E-state index contributed by atoms with van der Waals surface area (Å²) in [6.45, 7) is 1.21. The molecule has 1 amide bonds. The molecule has 108 valence electrons. The van der Waals surface area contributed by atoms with Crippen molar-refractivity contribution >= 4 is 23.3 Å². The number of carbonyl (C=O) groups is 1. The molecule has 1 aliphatic heterocycles. The highest BCUT2D eigenvalue weighted by Gasteiger charge is 2.34. The normalized spacial score (nSPS) is 22.6. The second-order valence-corrected chi connectivity index (χ2v) is 5.31. The van der Waals surface area contributed by atoms with Gasteiger partial charge >= 0.3 is 0 Å². The second-order valence-electron chi connectivity index (χ2n) is 4.94. The highest BCUT2D eigenvalue weighted by Crippen LogP contribution is 2.24. The second kappa shape index (κ2) is 5.41. The summed E-state index contributed by atoms with van der Waals surface area (Å²) < 4.78 is 5.37. The molecular weight excluding hydrogens is 284 g/mol. The van der Waals surface area contributed by atoms with Crippen molar-refractivity contribution in [2.75, 3.05) is 24.7 Å². The highest BCUT2D eigenvalue weighted by molar-refractivity contribution is 6.32. The van der Waals surface area contributed by atoms with Crippen LogP contribution in [0.1, 0.15) is 12.8 Å². The third kappa shape index (κ3) is 2.64. The summed E-state index contributed by atoms with van der Waals surface area (Å²) in [5.41, 5.74) is -0.412. The molecular formula is C12H15ClN4O3. The minimum absolute atomic E-state index is 0.00128. The van der Waals surface area contributed by atoms with E-state index in [-0.39, 0.29) is 23.6 Å². The van der Waals surface area contributed by atoms with E-state index in [4.69, 9.17) is 16.3 Å². The predicted molar refractivity (Wildman–Crippen MR) is 73.0 cm³/mol. The van der Waals surface area contributed by atoms with Gasteiger partial charge in [-0.2, -0.15) is 0 Å². The summed E-state index contributed by atoms with van der Waals surface area (Å²) in [5.74, 6) is 0.222. The first-order valence-corrected chi connectivity index (χ1v) is 6.92. The molecule has 1 aromatic heterocycles. The van der Waals surface area contributed by atoms with Crippen LogP contribution in [-0.2, 0) is 9.53 Å². The third-order valence-corrected chi connectivity index (χ3v) is 3.75. The molecule has 0 radical (unpaired) electrons. The summed E-state index contributed by atoms with van der Waals surface area (Å²) in [4.78, 5) is 32.0. The number of hydrogen-bond acceptors (Lipinski definition) is 5. The van der Waals surface area contributed by atoms with Crippen LogP contribution >= 0.6 is 11.6 Å². The summed E-state index contributed by atoms with van der Waals surface area (Å²) >= 11 is 5.99. The van der Waals surface area contributed by atoms with Crippen molar-refractivity contribution in [2.45, 2.75) is 24.9 Å². The lowest BCUT2D eigenvalue weighted by Crippen LogP contribution is -2.55. The first-order chi connectivity index (χ1) is 9.66. The predicted octanol–water partition coefficient (Wildman–Crippen LogP) is -0.0929. The minimum atomic E-state index is -0.504. The lowest BCUT2D eigenvalue weighted by molar-refractivity contribution is -0.124. The summed E-state index contributed by atoms with van der Waals surface area (Å²) in [5, 5.41) is 2.94. The van der Waals surface area contributed by atoms with E-state index in [0.717, 1.165) is 12.8 Å². The smallest absolute Gasteiger partial charge is 0.271 e. The number of morpholine rings is 1. The van der Waals surface area contributed by atoms with E-state index in [1.165, 1.54) is 6.33 Å². The van der Waals surface area contributed by atoms with Gasteiger partial charge in [0.15, 0.2) is 5.82 Å². The van der Waals surface area contributed by atoms with Crippen molar-refractivity contribution < 1.29 is 9.53 Å². The van der Waals surface area contributed by atoms with Gasteiger partial charge in [0.05, 0.1) is 19.5 Å². The maximum Gasteiger partial charge on any atom is 0.271 e. The molecule has 20 heavy (non-hydrogen) atoms. The molecule has 0 aromatic carbocycles. The van der Waals surface area contributed by atoms with Crippen molar-refractivity contribution in [3.63, 3.8) is 0 Å². The Labute approximate surface area is 120 Å². The number of anilines is 1. The van der Waals surface area contributed by atoms with Crippen molar-refractivity contribution in [1.29, 1.82) is 0 Å². The molecule has 8 heteroatoms. The number of hydrogen-bond donors (Lipinski definition) is 2. The van der Waals surface area contributed by atoms with Crippen LogP contribution < -0.4 is 15.8 Å². The van der Waals surface area contributed by atoms with Gasteiger partial charge in [0.1, 0.15) is 11.1 Å². The van der Waals surface area contributed by atoms with Gasteiger partial charge in [-0.15, -0.1) is 0 Å². The number of aromatic nitrogens is 2. The molecule has 3 rings (SSSR count). The SMILES string of the molecule is O=C(NC1CC1)C1COCCN1c1nc[nH]c(=O)c1Cl. The van der Waals surface area contributed by atoms with Gasteiger partial charge in [-0.25, -0.2) is 4.98 Å². The van der Waals surface area contributed by atoms with Crippen LogP contribution in [0.3, 0.4) is 0 Å². The number of H-pyrrole nitrogens is 1. The van der Waals surface area contributed by atoms with Crippen molar-refractivity contribution in [3.8, 4) is 0 Å². The Kier molecular flexibility index (Phi) is 3.62. The number of ether oxygens (including phenoxy) is 1. The Morgan fingerprint density at radius 2 is 2.35 bits per heavy atom. The number of rotatable bonds is 3. The van der Waals surface area contributed by atoms with Crippen LogP contribution in [-0.4, -0.2) is 47.7 Å². The first kappa shape index (κ1) is 13.4. The van der Waals surface area contributed by atoms with Gasteiger partial charge < -0.3 is 19.9 Å². The van der Waals surface area contributed by atoms with Crippen molar-refractivity contribution in [2.24, 2.45) is 0 Å². The molecule has 2 N–H and O–H groups in total. The van der Waals surface area contributed by atoms with Gasteiger partial charge in [-0.3, -0.25) is 9.59 Å². The van der Waals surface area contributed by atoms with Gasteiger partial charge in [-0.05, 0) is 12.8 Å².